The topological polar surface area (TPSA) is 106 Å². The maximum Gasteiger partial charge on any atom is 0.232 e. The minimum atomic E-state index is -1.15. The van der Waals surface area contributed by atoms with Gasteiger partial charge in [-0.2, -0.15) is 0 Å². The van der Waals surface area contributed by atoms with Crippen molar-refractivity contribution in [2.75, 3.05) is 11.5 Å². The van der Waals surface area contributed by atoms with Gasteiger partial charge in [-0.25, -0.2) is 15.0 Å². The van der Waals surface area contributed by atoms with E-state index in [4.69, 9.17) is 15.7 Å². The van der Waals surface area contributed by atoms with E-state index in [-0.39, 0.29) is 0 Å². The van der Waals surface area contributed by atoms with Gasteiger partial charge < -0.3 is 14.9 Å². The van der Waals surface area contributed by atoms with Crippen molar-refractivity contribution in [1.82, 2.24) is 24.5 Å². The lowest BCUT2D eigenvalue weighted by molar-refractivity contribution is 0.594. The summed E-state index contributed by atoms with van der Waals surface area (Å²) in [5, 5.41) is 0.715. The molecule has 0 saturated heterocycles. The third-order valence-corrected chi connectivity index (χ3v) is 7.39. The van der Waals surface area contributed by atoms with Gasteiger partial charge in [0, 0.05) is 37.4 Å². The molecule has 4 aromatic rings. The van der Waals surface area contributed by atoms with Gasteiger partial charge in [-0.05, 0) is 29.7 Å². The number of nitrogens with two attached hydrogens (primary N) is 1. The Balaban J connectivity index is 1.95. The van der Waals surface area contributed by atoms with Crippen molar-refractivity contribution in [3.8, 4) is 22.9 Å². The van der Waals surface area contributed by atoms with Crippen LogP contribution in [0.4, 0.5) is 5.69 Å². The first-order chi connectivity index (χ1) is 13.6. The zero-order chi connectivity index (χ0) is 19.7. The molecular formula is C19H20N6OS2. The van der Waals surface area contributed by atoms with Crippen LogP contribution >= 0.6 is 11.3 Å². The van der Waals surface area contributed by atoms with Crippen molar-refractivity contribution in [2.45, 2.75) is 24.0 Å². The van der Waals surface area contributed by atoms with Gasteiger partial charge in [0.25, 0.3) is 0 Å². The summed E-state index contributed by atoms with van der Waals surface area (Å²) in [5.41, 5.74) is 8.38. The number of aromatic nitrogens is 5. The zero-order valence-electron chi connectivity index (χ0n) is 15.6. The number of aryl methyl sites for hydroxylation is 1. The lowest BCUT2D eigenvalue weighted by Gasteiger charge is -2.08. The number of thiophene rings is 1. The molecule has 0 aliphatic heterocycles. The summed E-state index contributed by atoms with van der Waals surface area (Å²) in [6.45, 7) is 2.08. The maximum absolute atomic E-state index is 12.8. The van der Waals surface area contributed by atoms with E-state index < -0.39 is 11.2 Å². The molecule has 1 atom stereocenters. The van der Waals surface area contributed by atoms with Crippen LogP contribution in [-0.4, -0.2) is 34.8 Å². The van der Waals surface area contributed by atoms with Crippen molar-refractivity contribution >= 4 is 38.4 Å². The van der Waals surface area contributed by atoms with E-state index >= 15 is 0 Å². The number of nitrogens with zero attached hydrogens (tertiary/aromatic N) is 5. The van der Waals surface area contributed by atoms with E-state index in [1.807, 2.05) is 29.9 Å². The van der Waals surface area contributed by atoms with Gasteiger partial charge in [-0.3, -0.25) is 4.98 Å². The highest BCUT2D eigenvalue weighted by Gasteiger charge is 2.26. The summed E-state index contributed by atoms with van der Waals surface area (Å²) >= 11 is 0.222. The smallest absolute Gasteiger partial charge is 0.232 e. The molecule has 0 spiro atoms. The summed E-state index contributed by atoms with van der Waals surface area (Å²) in [4.78, 5) is 18.8. The molecule has 0 unspecified atom stereocenters. The summed E-state index contributed by atoms with van der Waals surface area (Å²) in [7, 11) is 1.91. The Hall–Kier alpha value is -2.49. The van der Waals surface area contributed by atoms with Crippen LogP contribution in [0.25, 0.3) is 33.1 Å². The van der Waals surface area contributed by atoms with E-state index in [1.54, 1.807) is 18.6 Å². The Morgan fingerprint density at radius 2 is 2.14 bits per heavy atom. The molecule has 0 aliphatic rings. The molecule has 4 rings (SSSR count). The van der Waals surface area contributed by atoms with Crippen molar-refractivity contribution in [3.63, 3.8) is 0 Å². The van der Waals surface area contributed by atoms with Crippen molar-refractivity contribution < 1.29 is 4.55 Å². The fourth-order valence-corrected chi connectivity index (χ4v) is 5.69. The molecule has 28 heavy (non-hydrogen) atoms. The molecule has 2 N–H and O–H groups in total. The number of hydrogen-bond donors (Lipinski definition) is 1. The van der Waals surface area contributed by atoms with Crippen LogP contribution in [0, 0.1) is 0 Å². The van der Waals surface area contributed by atoms with E-state index in [9.17, 15) is 4.55 Å². The largest absolute Gasteiger partial charge is 0.611 e. The van der Waals surface area contributed by atoms with Gasteiger partial charge in [0.05, 0.1) is 5.39 Å². The lowest BCUT2D eigenvalue weighted by atomic mass is 10.2. The summed E-state index contributed by atoms with van der Waals surface area (Å²) in [6, 6.07) is 3.75. The molecule has 0 amide bonds. The Morgan fingerprint density at radius 1 is 1.29 bits per heavy atom. The average Bonchev–Trinajstić information content (AvgIpc) is 3.29. The van der Waals surface area contributed by atoms with Gasteiger partial charge in [0.15, 0.2) is 11.6 Å². The first-order valence-electron chi connectivity index (χ1n) is 8.96. The van der Waals surface area contributed by atoms with Crippen LogP contribution in [0.2, 0.25) is 0 Å². The van der Waals surface area contributed by atoms with Crippen LogP contribution in [0.15, 0.2) is 41.1 Å². The number of imidazole rings is 1. The average molecular weight is 413 g/mol. The SMILES string of the molecule is CCCC[S@+]([O-])c1sc2nc(-c3cccnc3)nc(-c3nccn3C)c2c1N. The predicted molar refractivity (Wildman–Crippen MR) is 113 cm³/mol. The second-order valence-corrected chi connectivity index (χ2v) is 9.15. The summed E-state index contributed by atoms with van der Waals surface area (Å²) < 4.78 is 15.3. The second-order valence-electron chi connectivity index (χ2n) is 6.39. The van der Waals surface area contributed by atoms with Gasteiger partial charge in [-0.1, -0.05) is 24.7 Å². The van der Waals surface area contributed by atoms with Crippen LogP contribution < -0.4 is 5.73 Å². The first kappa shape index (κ1) is 18.9. The molecule has 4 aromatic heterocycles. The molecule has 4 heterocycles. The second kappa shape index (κ2) is 7.86. The number of fused-ring (bicyclic) bond motifs is 1. The van der Waals surface area contributed by atoms with Crippen LogP contribution in [0.3, 0.4) is 0 Å². The first-order valence-corrected chi connectivity index (χ1v) is 11.1. The standard InChI is InChI=1S/C19H20N6OS2/c1-3-4-10-28(26)19-14(20)13-15(17-22-8-9-25(17)2)23-16(24-18(13)27-19)12-6-5-7-21-11-12/h5-9,11H,3-4,10,20H2,1-2H3/t28-/m0/s1. The Labute approximate surface area is 169 Å². The molecule has 0 aliphatic carbocycles. The molecule has 7 nitrogen and oxygen atoms in total. The third-order valence-electron chi connectivity index (χ3n) is 4.40. The normalized spacial score (nSPS) is 12.5. The van der Waals surface area contributed by atoms with E-state index in [2.05, 4.69) is 16.9 Å². The highest BCUT2D eigenvalue weighted by atomic mass is 32.2. The number of unbranched alkanes of at least 4 members (excludes halogenated alkanes) is 1. The number of nitrogen functional groups attached to an aromatic ring is 1. The Bertz CT molecular complexity index is 1110. The molecule has 0 bridgehead atoms. The maximum atomic E-state index is 12.8. The highest BCUT2D eigenvalue weighted by Crippen LogP contribution is 2.41. The molecule has 0 radical (unpaired) electrons. The van der Waals surface area contributed by atoms with Crippen LogP contribution in [-0.2, 0) is 18.2 Å². The van der Waals surface area contributed by atoms with E-state index in [0.717, 1.165) is 18.4 Å². The van der Waals surface area contributed by atoms with E-state index in [1.165, 1.54) is 11.3 Å². The molecule has 0 aromatic carbocycles. The number of hydrogen-bond acceptors (Lipinski definition) is 7. The fourth-order valence-electron chi connectivity index (χ4n) is 2.92. The van der Waals surface area contributed by atoms with Gasteiger partial charge in [0.1, 0.15) is 22.0 Å². The van der Waals surface area contributed by atoms with Crippen LogP contribution in [0.1, 0.15) is 19.8 Å². The van der Waals surface area contributed by atoms with Crippen molar-refractivity contribution in [2.24, 2.45) is 7.05 Å². The van der Waals surface area contributed by atoms with Gasteiger partial charge in [-0.15, -0.1) is 0 Å². The van der Waals surface area contributed by atoms with Crippen molar-refractivity contribution in [3.05, 3.63) is 36.9 Å². The molecule has 0 saturated carbocycles. The third kappa shape index (κ3) is 3.36. The molecule has 0 fully saturated rings. The molecule has 9 heteroatoms. The van der Waals surface area contributed by atoms with E-state index in [0.29, 0.717) is 43.2 Å². The minimum Gasteiger partial charge on any atom is -0.611 e. The number of rotatable bonds is 6. The van der Waals surface area contributed by atoms with Gasteiger partial charge in [0.2, 0.25) is 4.21 Å². The minimum absolute atomic E-state index is 0.491. The quantitative estimate of drug-likeness (QED) is 0.485. The Kier molecular flexibility index (Phi) is 5.29. The van der Waals surface area contributed by atoms with Crippen LogP contribution in [0.5, 0.6) is 0 Å². The number of anilines is 1. The monoisotopic (exact) mass is 412 g/mol. The molecular weight excluding hydrogens is 392 g/mol. The van der Waals surface area contributed by atoms with Crippen molar-refractivity contribution in [1.29, 1.82) is 0 Å². The Morgan fingerprint density at radius 3 is 2.82 bits per heavy atom. The number of pyridine rings is 1. The summed E-state index contributed by atoms with van der Waals surface area (Å²) in [5.74, 6) is 1.83. The fraction of sp³-hybridized carbons (Fsp3) is 0.263. The zero-order valence-corrected chi connectivity index (χ0v) is 17.3. The molecule has 144 valence electrons. The lowest BCUT2D eigenvalue weighted by Crippen LogP contribution is -2.07. The van der Waals surface area contributed by atoms with Gasteiger partial charge >= 0.3 is 0 Å². The predicted octanol–water partition coefficient (Wildman–Crippen LogP) is 3.64. The highest BCUT2D eigenvalue weighted by molar-refractivity contribution is 7.93. The summed E-state index contributed by atoms with van der Waals surface area (Å²) in [6.07, 6.45) is 8.88.